The van der Waals surface area contributed by atoms with Gasteiger partial charge in [-0.3, -0.25) is 0 Å². The molecule has 1 aromatic rings. The van der Waals surface area contributed by atoms with E-state index in [-0.39, 0.29) is 6.04 Å². The van der Waals surface area contributed by atoms with Crippen LogP contribution in [0.1, 0.15) is 24.4 Å². The lowest BCUT2D eigenvalue weighted by Gasteiger charge is -2.20. The van der Waals surface area contributed by atoms with E-state index in [1.807, 2.05) is 13.8 Å². The van der Waals surface area contributed by atoms with Crippen molar-refractivity contribution in [3.05, 3.63) is 10.6 Å². The number of fused-ring (bicyclic) bond motifs is 1. The van der Waals surface area contributed by atoms with Crippen molar-refractivity contribution in [3.63, 3.8) is 0 Å². The molecule has 1 aromatic heterocycles. The maximum Gasteiger partial charge on any atom is 0.303 e. The Labute approximate surface area is 112 Å². The van der Waals surface area contributed by atoms with Gasteiger partial charge in [0, 0.05) is 37.5 Å². The zero-order chi connectivity index (χ0) is 13.3. The standard InChI is InChI=1S/C10H18N4O2S2/c1-7(2)14(3)18(15,16)13-10-12-8-4-5-11-6-9(8)17-10/h7,11H,4-6H2,1-3H3,(H,12,13). The van der Waals surface area contributed by atoms with Crippen LogP contribution in [-0.4, -0.2) is 37.3 Å². The minimum atomic E-state index is -3.50. The van der Waals surface area contributed by atoms with Gasteiger partial charge in [-0.05, 0) is 13.8 Å². The molecule has 0 amide bonds. The van der Waals surface area contributed by atoms with Crippen molar-refractivity contribution in [2.45, 2.75) is 32.9 Å². The molecule has 0 saturated heterocycles. The van der Waals surface area contributed by atoms with Crippen molar-refractivity contribution in [2.75, 3.05) is 18.3 Å². The Kier molecular flexibility index (Phi) is 3.90. The lowest BCUT2D eigenvalue weighted by molar-refractivity contribution is 0.414. The van der Waals surface area contributed by atoms with Gasteiger partial charge in [-0.25, -0.2) is 9.71 Å². The summed E-state index contributed by atoms with van der Waals surface area (Å²) in [6.07, 6.45) is 0.855. The molecule has 0 radical (unpaired) electrons. The molecule has 0 saturated carbocycles. The van der Waals surface area contributed by atoms with Crippen LogP contribution in [-0.2, 0) is 23.2 Å². The van der Waals surface area contributed by atoms with Crippen molar-refractivity contribution < 1.29 is 8.42 Å². The second kappa shape index (κ2) is 5.12. The summed E-state index contributed by atoms with van der Waals surface area (Å²) in [6, 6.07) is -0.0845. The average molecular weight is 290 g/mol. The first-order valence-electron chi connectivity index (χ1n) is 5.85. The van der Waals surface area contributed by atoms with E-state index in [2.05, 4.69) is 15.0 Å². The maximum absolute atomic E-state index is 12.0. The van der Waals surface area contributed by atoms with Crippen LogP contribution in [0.4, 0.5) is 5.13 Å². The van der Waals surface area contributed by atoms with Crippen molar-refractivity contribution in [1.29, 1.82) is 0 Å². The van der Waals surface area contributed by atoms with Crippen LogP contribution in [0.3, 0.4) is 0 Å². The van der Waals surface area contributed by atoms with Gasteiger partial charge in [0.05, 0.1) is 5.69 Å². The SMILES string of the molecule is CC(C)N(C)S(=O)(=O)Nc1nc2c(s1)CNCC2. The molecule has 0 bridgehead atoms. The predicted octanol–water partition coefficient (Wildman–Crippen LogP) is 0.786. The first kappa shape index (κ1) is 13.7. The van der Waals surface area contributed by atoms with E-state index in [1.54, 1.807) is 7.05 Å². The van der Waals surface area contributed by atoms with Gasteiger partial charge in [0.2, 0.25) is 0 Å². The number of hydrogen-bond acceptors (Lipinski definition) is 5. The highest BCUT2D eigenvalue weighted by Crippen LogP contribution is 2.26. The molecule has 8 heteroatoms. The Hall–Kier alpha value is -0.700. The van der Waals surface area contributed by atoms with Gasteiger partial charge in [0.1, 0.15) is 0 Å². The van der Waals surface area contributed by atoms with Gasteiger partial charge in [-0.1, -0.05) is 11.3 Å². The van der Waals surface area contributed by atoms with Crippen LogP contribution in [0.15, 0.2) is 0 Å². The topological polar surface area (TPSA) is 74.3 Å². The van der Waals surface area contributed by atoms with Crippen LogP contribution in [0.2, 0.25) is 0 Å². The number of rotatable bonds is 4. The molecule has 2 N–H and O–H groups in total. The third-order valence-corrected chi connectivity index (χ3v) is 5.70. The molecule has 0 unspecified atom stereocenters. The second-order valence-corrected chi connectivity index (χ2v) is 7.35. The van der Waals surface area contributed by atoms with Gasteiger partial charge < -0.3 is 5.32 Å². The highest BCUT2D eigenvalue weighted by molar-refractivity contribution is 7.90. The van der Waals surface area contributed by atoms with Crippen molar-refractivity contribution in [2.24, 2.45) is 0 Å². The van der Waals surface area contributed by atoms with Crippen LogP contribution in [0.25, 0.3) is 0 Å². The summed E-state index contributed by atoms with van der Waals surface area (Å²) in [4.78, 5) is 5.46. The third kappa shape index (κ3) is 2.82. The van der Waals surface area contributed by atoms with Gasteiger partial charge in [0.25, 0.3) is 0 Å². The maximum atomic E-state index is 12.0. The zero-order valence-corrected chi connectivity index (χ0v) is 12.4. The van der Waals surface area contributed by atoms with Crippen molar-refractivity contribution >= 4 is 26.7 Å². The van der Waals surface area contributed by atoms with Crippen LogP contribution in [0.5, 0.6) is 0 Å². The summed E-state index contributed by atoms with van der Waals surface area (Å²) in [7, 11) is -1.94. The molecule has 102 valence electrons. The minimum absolute atomic E-state index is 0.0845. The van der Waals surface area contributed by atoms with Crippen molar-refractivity contribution in [1.82, 2.24) is 14.6 Å². The quantitative estimate of drug-likeness (QED) is 0.859. The van der Waals surface area contributed by atoms with Crippen LogP contribution in [0, 0.1) is 0 Å². The number of anilines is 1. The van der Waals surface area contributed by atoms with E-state index in [1.165, 1.54) is 15.6 Å². The fourth-order valence-electron chi connectivity index (χ4n) is 1.63. The summed E-state index contributed by atoms with van der Waals surface area (Å²) >= 11 is 1.40. The van der Waals surface area contributed by atoms with Crippen molar-refractivity contribution in [3.8, 4) is 0 Å². The Morgan fingerprint density at radius 3 is 2.83 bits per heavy atom. The largest absolute Gasteiger partial charge is 0.311 e. The highest BCUT2D eigenvalue weighted by Gasteiger charge is 2.23. The van der Waals surface area contributed by atoms with E-state index in [9.17, 15) is 8.42 Å². The Morgan fingerprint density at radius 2 is 2.22 bits per heavy atom. The molecule has 2 rings (SSSR count). The molecule has 0 atom stereocenters. The monoisotopic (exact) mass is 290 g/mol. The van der Waals surface area contributed by atoms with E-state index >= 15 is 0 Å². The van der Waals surface area contributed by atoms with E-state index in [0.717, 1.165) is 30.1 Å². The number of hydrogen-bond donors (Lipinski definition) is 2. The van der Waals surface area contributed by atoms with Gasteiger partial charge in [-0.2, -0.15) is 12.7 Å². The Bertz CT molecular complexity index is 500. The molecule has 0 aliphatic carbocycles. The summed E-state index contributed by atoms with van der Waals surface area (Å²) in [5.74, 6) is 0. The van der Waals surface area contributed by atoms with Crippen LogP contribution >= 0.6 is 11.3 Å². The fourth-order valence-corrected chi connectivity index (χ4v) is 3.91. The fraction of sp³-hybridized carbons (Fsp3) is 0.700. The zero-order valence-electron chi connectivity index (χ0n) is 10.7. The molecular formula is C10H18N4O2S2. The normalized spacial score (nSPS) is 16.1. The summed E-state index contributed by atoms with van der Waals surface area (Å²) in [5, 5.41) is 3.70. The molecule has 1 aliphatic heterocycles. The molecule has 0 aromatic carbocycles. The summed E-state index contributed by atoms with van der Waals surface area (Å²) in [6.45, 7) is 5.33. The number of aromatic nitrogens is 1. The smallest absolute Gasteiger partial charge is 0.303 e. The lowest BCUT2D eigenvalue weighted by Crippen LogP contribution is -2.37. The predicted molar refractivity (Wildman–Crippen MR) is 73.0 cm³/mol. The van der Waals surface area contributed by atoms with E-state index < -0.39 is 10.2 Å². The second-order valence-electron chi connectivity index (χ2n) is 4.53. The van der Waals surface area contributed by atoms with Gasteiger partial charge in [-0.15, -0.1) is 0 Å². The first-order chi connectivity index (χ1) is 8.40. The van der Waals surface area contributed by atoms with E-state index in [4.69, 9.17) is 0 Å². The molecule has 0 fully saturated rings. The minimum Gasteiger partial charge on any atom is -0.311 e. The Morgan fingerprint density at radius 1 is 1.50 bits per heavy atom. The molecule has 2 heterocycles. The molecule has 18 heavy (non-hydrogen) atoms. The van der Waals surface area contributed by atoms with Gasteiger partial charge in [0.15, 0.2) is 5.13 Å². The number of thiazole rings is 1. The lowest BCUT2D eigenvalue weighted by atomic mass is 10.2. The molecule has 0 spiro atoms. The third-order valence-electron chi connectivity index (χ3n) is 2.93. The van der Waals surface area contributed by atoms with E-state index in [0.29, 0.717) is 5.13 Å². The Balaban J connectivity index is 2.16. The van der Waals surface area contributed by atoms with Crippen LogP contribution < -0.4 is 10.0 Å². The van der Waals surface area contributed by atoms with Gasteiger partial charge >= 0.3 is 10.2 Å². The summed E-state index contributed by atoms with van der Waals surface area (Å²) < 4.78 is 27.9. The average Bonchev–Trinajstić information content (AvgIpc) is 2.68. The number of nitrogens with zero attached hydrogens (tertiary/aromatic N) is 2. The number of nitrogens with one attached hydrogen (secondary N) is 2. The first-order valence-corrected chi connectivity index (χ1v) is 8.11. The molecule has 6 nitrogen and oxygen atoms in total. The molecule has 1 aliphatic rings. The summed E-state index contributed by atoms with van der Waals surface area (Å²) in [5.41, 5.74) is 1.00. The highest BCUT2D eigenvalue weighted by atomic mass is 32.2. The molecular weight excluding hydrogens is 272 g/mol.